The second-order valence-corrected chi connectivity index (χ2v) is 4.74. The third-order valence-electron chi connectivity index (χ3n) is 2.90. The minimum absolute atomic E-state index is 0.297. The van der Waals surface area contributed by atoms with E-state index < -0.39 is 0 Å². The maximum absolute atomic E-state index is 8.57. The number of anilines is 2. The van der Waals surface area contributed by atoms with Crippen LogP contribution in [0, 0.1) is 6.92 Å². The molecule has 126 valence electrons. The molecule has 6 N–H and O–H groups in total. The number of nitrogens with zero attached hydrogens (tertiary/aromatic N) is 4. The Morgan fingerprint density at radius 2 is 1.82 bits per heavy atom. The van der Waals surface area contributed by atoms with E-state index in [1.54, 1.807) is 0 Å². The van der Waals surface area contributed by atoms with E-state index in [0.717, 1.165) is 25.9 Å². The van der Waals surface area contributed by atoms with Crippen LogP contribution in [0.25, 0.3) is 0 Å². The molecule has 0 atom stereocenters. The topological polar surface area (TPSA) is 135 Å². The smallest absolute Gasteiger partial charge is 0.230 e. The van der Waals surface area contributed by atoms with Crippen molar-refractivity contribution in [2.24, 2.45) is 11.5 Å². The van der Waals surface area contributed by atoms with Gasteiger partial charge in [0.2, 0.25) is 11.9 Å². The van der Waals surface area contributed by atoms with E-state index in [9.17, 15) is 0 Å². The van der Waals surface area contributed by atoms with Crippen LogP contribution in [0.3, 0.4) is 0 Å². The van der Waals surface area contributed by atoms with Gasteiger partial charge in [0.1, 0.15) is 12.6 Å². The number of nitrogens with two attached hydrogens (primary N) is 2. The van der Waals surface area contributed by atoms with Crippen LogP contribution in [-0.4, -0.2) is 66.2 Å². The lowest BCUT2D eigenvalue weighted by molar-refractivity contribution is 0.00374. The maximum Gasteiger partial charge on any atom is 0.230 e. The maximum atomic E-state index is 8.57. The van der Waals surface area contributed by atoms with Crippen molar-refractivity contribution in [1.29, 1.82) is 0 Å². The molecule has 0 saturated carbocycles. The zero-order valence-corrected chi connectivity index (χ0v) is 13.2. The number of aromatic nitrogens is 3. The fraction of sp³-hybridized carbons (Fsp3) is 0.769. The first-order chi connectivity index (χ1) is 10.7. The highest BCUT2D eigenvalue weighted by Crippen LogP contribution is 2.11. The highest BCUT2D eigenvalue weighted by Gasteiger charge is 2.11. The first kappa shape index (κ1) is 18.5. The molecule has 0 saturated heterocycles. The highest BCUT2D eigenvalue weighted by atomic mass is 16.6. The Morgan fingerprint density at radius 3 is 2.41 bits per heavy atom. The zero-order valence-electron chi connectivity index (χ0n) is 13.2. The monoisotopic (exact) mass is 313 g/mol. The average Bonchev–Trinajstić information content (AvgIpc) is 2.51. The van der Waals surface area contributed by atoms with Crippen LogP contribution in [0.1, 0.15) is 18.7 Å². The Kier molecular flexibility index (Phi) is 9.31. The van der Waals surface area contributed by atoms with Gasteiger partial charge in [-0.25, -0.2) is 0 Å². The summed E-state index contributed by atoms with van der Waals surface area (Å²) in [7, 11) is 0. The number of hydrogen-bond acceptors (Lipinski definition) is 9. The number of aliphatic hydroxyl groups is 1. The summed E-state index contributed by atoms with van der Waals surface area (Å²) < 4.78 is 4.85. The summed E-state index contributed by atoms with van der Waals surface area (Å²) in [5, 5.41) is 11.6. The van der Waals surface area contributed by atoms with Gasteiger partial charge in [-0.05, 0) is 32.9 Å². The molecule has 0 unspecified atom stereocenters. The van der Waals surface area contributed by atoms with E-state index in [0.29, 0.717) is 44.0 Å². The second-order valence-electron chi connectivity index (χ2n) is 4.74. The van der Waals surface area contributed by atoms with Gasteiger partial charge in [-0.2, -0.15) is 15.0 Å². The average molecular weight is 313 g/mol. The van der Waals surface area contributed by atoms with Crippen molar-refractivity contribution in [2.75, 3.05) is 56.3 Å². The van der Waals surface area contributed by atoms with E-state index in [-0.39, 0.29) is 6.79 Å². The summed E-state index contributed by atoms with van der Waals surface area (Å²) in [6.45, 7) is 5.22. The largest absolute Gasteiger partial charge is 0.371 e. The van der Waals surface area contributed by atoms with Crippen molar-refractivity contribution < 1.29 is 9.84 Å². The lowest BCUT2D eigenvalue weighted by atomic mass is 10.3. The fourth-order valence-corrected chi connectivity index (χ4v) is 1.86. The first-order valence-corrected chi connectivity index (χ1v) is 7.51. The van der Waals surface area contributed by atoms with E-state index in [2.05, 4.69) is 25.2 Å². The van der Waals surface area contributed by atoms with Gasteiger partial charge in [-0.15, -0.1) is 0 Å². The summed E-state index contributed by atoms with van der Waals surface area (Å²) >= 11 is 0. The number of aryl methyl sites for hydroxylation is 1. The SMILES string of the molecule is Cc1nc(NCCOCO)nc(N(CCCN)CCCN)n1. The molecule has 1 rings (SSSR count). The Hall–Kier alpha value is -1.55. The molecule has 1 aromatic rings. The molecule has 0 aliphatic heterocycles. The van der Waals surface area contributed by atoms with E-state index in [4.69, 9.17) is 21.3 Å². The van der Waals surface area contributed by atoms with Crippen molar-refractivity contribution in [3.8, 4) is 0 Å². The lowest BCUT2D eigenvalue weighted by Gasteiger charge is -2.22. The zero-order chi connectivity index (χ0) is 16.2. The highest BCUT2D eigenvalue weighted by molar-refractivity contribution is 5.37. The van der Waals surface area contributed by atoms with Crippen LogP contribution in [0.5, 0.6) is 0 Å². The predicted molar refractivity (Wildman–Crippen MR) is 85.6 cm³/mol. The van der Waals surface area contributed by atoms with Crippen LogP contribution < -0.4 is 21.7 Å². The molecular formula is C13H27N7O2. The molecule has 9 nitrogen and oxygen atoms in total. The summed E-state index contributed by atoms with van der Waals surface area (Å²) in [6, 6.07) is 0. The molecule has 0 aliphatic carbocycles. The number of aliphatic hydroxyl groups excluding tert-OH is 1. The third kappa shape index (κ3) is 6.94. The number of nitrogens with one attached hydrogen (secondary N) is 1. The van der Waals surface area contributed by atoms with E-state index >= 15 is 0 Å². The van der Waals surface area contributed by atoms with Gasteiger partial charge in [0, 0.05) is 19.6 Å². The van der Waals surface area contributed by atoms with Crippen molar-refractivity contribution in [1.82, 2.24) is 15.0 Å². The fourth-order valence-electron chi connectivity index (χ4n) is 1.86. The van der Waals surface area contributed by atoms with Crippen molar-refractivity contribution in [3.63, 3.8) is 0 Å². The minimum Gasteiger partial charge on any atom is -0.371 e. The molecule has 1 heterocycles. The molecule has 9 heteroatoms. The Balaban J connectivity index is 2.73. The molecule has 0 fully saturated rings. The molecule has 0 aliphatic rings. The molecule has 22 heavy (non-hydrogen) atoms. The normalized spacial score (nSPS) is 10.7. The van der Waals surface area contributed by atoms with Crippen molar-refractivity contribution >= 4 is 11.9 Å². The first-order valence-electron chi connectivity index (χ1n) is 7.51. The van der Waals surface area contributed by atoms with Gasteiger partial charge >= 0.3 is 0 Å². The third-order valence-corrected chi connectivity index (χ3v) is 2.90. The quantitative estimate of drug-likeness (QED) is 0.285. The van der Waals surface area contributed by atoms with Crippen LogP contribution in [-0.2, 0) is 4.74 Å². The standard InChI is InChI=1S/C13H27N7O2/c1-11-17-12(16-6-9-22-10-21)19-13(18-11)20(7-2-4-14)8-3-5-15/h21H,2-10,14-15H2,1H3,(H,16,17,18,19). The van der Waals surface area contributed by atoms with Crippen LogP contribution >= 0.6 is 0 Å². The Labute approximate surface area is 131 Å². The molecule has 0 bridgehead atoms. The van der Waals surface area contributed by atoms with Gasteiger partial charge in [-0.3, -0.25) is 0 Å². The van der Waals surface area contributed by atoms with E-state index in [1.165, 1.54) is 0 Å². The Morgan fingerprint density at radius 1 is 1.14 bits per heavy atom. The summed E-state index contributed by atoms with van der Waals surface area (Å²) in [4.78, 5) is 15.1. The molecule has 0 spiro atoms. The number of ether oxygens (including phenoxy) is 1. The molecule has 0 amide bonds. The van der Waals surface area contributed by atoms with Crippen molar-refractivity contribution in [3.05, 3.63) is 5.82 Å². The molecule has 0 aromatic carbocycles. The van der Waals surface area contributed by atoms with Crippen molar-refractivity contribution in [2.45, 2.75) is 19.8 Å². The lowest BCUT2D eigenvalue weighted by Crippen LogP contribution is -2.31. The molecule has 0 radical (unpaired) electrons. The van der Waals surface area contributed by atoms with Gasteiger partial charge in [-0.1, -0.05) is 0 Å². The summed E-state index contributed by atoms with van der Waals surface area (Å²) in [6.07, 6.45) is 1.73. The van der Waals surface area contributed by atoms with E-state index in [1.807, 2.05) is 6.92 Å². The van der Waals surface area contributed by atoms with Crippen LogP contribution in [0.4, 0.5) is 11.9 Å². The second kappa shape index (κ2) is 11.1. The minimum atomic E-state index is -0.297. The van der Waals surface area contributed by atoms with Crippen LogP contribution in [0.15, 0.2) is 0 Å². The summed E-state index contributed by atoms with van der Waals surface area (Å²) in [5.74, 6) is 1.76. The molecular weight excluding hydrogens is 286 g/mol. The predicted octanol–water partition coefficient (Wildman–Crippen LogP) is -0.938. The van der Waals surface area contributed by atoms with Crippen LogP contribution in [0.2, 0.25) is 0 Å². The number of hydrogen-bond donors (Lipinski definition) is 4. The van der Waals surface area contributed by atoms with Gasteiger partial charge < -0.3 is 31.5 Å². The summed E-state index contributed by atoms with van der Waals surface area (Å²) in [5.41, 5.74) is 11.2. The Bertz CT molecular complexity index is 411. The van der Waals surface area contributed by atoms with Gasteiger partial charge in [0.25, 0.3) is 0 Å². The van der Waals surface area contributed by atoms with Gasteiger partial charge in [0.05, 0.1) is 6.61 Å². The molecule has 1 aromatic heterocycles. The number of rotatable bonds is 12. The van der Waals surface area contributed by atoms with Gasteiger partial charge in [0.15, 0.2) is 0 Å².